The summed E-state index contributed by atoms with van der Waals surface area (Å²) in [6.07, 6.45) is 0. The SMILES string of the molecule is CC(C)c1cc(N(c2ccc3c(c2)C(C)(C)c2ccccc2-3)c2cc(C(C)C)cc3c2-c2ccc(C(C)(C)C)cc2C3(C)C)c2c(c1)C(C)(C)c1cc(C(C)(C)C)ccc1-2. The van der Waals surface area contributed by atoms with Crippen LogP contribution in [0.25, 0.3) is 33.4 Å². The largest absolute Gasteiger partial charge is 0.309 e. The van der Waals surface area contributed by atoms with Gasteiger partial charge >= 0.3 is 0 Å². The van der Waals surface area contributed by atoms with Gasteiger partial charge in [0, 0.05) is 33.1 Å². The molecule has 0 N–H and O–H groups in total. The predicted octanol–water partition coefficient (Wildman–Crippen LogP) is 16.9. The average Bonchev–Trinajstić information content (AvgIpc) is 3.66. The van der Waals surface area contributed by atoms with Gasteiger partial charge in [-0.25, -0.2) is 0 Å². The van der Waals surface area contributed by atoms with Gasteiger partial charge in [0.1, 0.15) is 0 Å². The molecule has 0 amide bonds. The highest BCUT2D eigenvalue weighted by Crippen LogP contribution is 2.61. The average molecular weight is 790 g/mol. The maximum atomic E-state index is 2.71. The Bertz CT molecular complexity index is 2610. The lowest BCUT2D eigenvalue weighted by Gasteiger charge is -2.34. The first-order valence-corrected chi connectivity index (χ1v) is 22.7. The summed E-state index contributed by atoms with van der Waals surface area (Å²) in [5.41, 5.74) is 25.6. The molecular formula is C59H67N. The van der Waals surface area contributed by atoms with Crippen molar-refractivity contribution >= 4 is 17.1 Å². The lowest BCUT2D eigenvalue weighted by atomic mass is 9.78. The predicted molar refractivity (Wildman–Crippen MR) is 259 cm³/mol. The number of anilines is 3. The normalized spacial score (nSPS) is 16.4. The molecule has 6 aromatic rings. The lowest BCUT2D eigenvalue weighted by Crippen LogP contribution is -2.20. The Labute approximate surface area is 362 Å². The van der Waals surface area contributed by atoms with Crippen molar-refractivity contribution in [1.82, 2.24) is 0 Å². The summed E-state index contributed by atoms with van der Waals surface area (Å²) in [7, 11) is 0. The highest BCUT2D eigenvalue weighted by molar-refractivity contribution is 6.01. The van der Waals surface area contributed by atoms with E-state index in [2.05, 4.69) is 219 Å². The Morgan fingerprint density at radius 3 is 1.25 bits per heavy atom. The molecule has 0 bridgehead atoms. The van der Waals surface area contributed by atoms with Crippen LogP contribution in [0.2, 0.25) is 0 Å². The zero-order valence-electron chi connectivity index (χ0n) is 39.4. The van der Waals surface area contributed by atoms with E-state index < -0.39 is 0 Å². The van der Waals surface area contributed by atoms with E-state index in [1.807, 2.05) is 0 Å². The lowest BCUT2D eigenvalue weighted by molar-refractivity contribution is 0.584. The molecule has 6 aromatic carbocycles. The minimum atomic E-state index is -0.168. The first kappa shape index (κ1) is 40.5. The number of rotatable bonds is 5. The number of fused-ring (bicyclic) bond motifs is 9. The smallest absolute Gasteiger partial charge is 0.0546 e. The molecule has 9 rings (SSSR count). The van der Waals surface area contributed by atoms with Crippen molar-refractivity contribution in [2.24, 2.45) is 0 Å². The molecular weight excluding hydrogens is 723 g/mol. The first-order valence-electron chi connectivity index (χ1n) is 22.7. The highest BCUT2D eigenvalue weighted by atomic mass is 15.2. The van der Waals surface area contributed by atoms with Crippen LogP contribution in [0.4, 0.5) is 17.1 Å². The van der Waals surface area contributed by atoms with Gasteiger partial charge in [-0.15, -0.1) is 0 Å². The summed E-state index contributed by atoms with van der Waals surface area (Å²) in [4.78, 5) is 2.71. The Kier molecular flexibility index (Phi) is 8.82. The van der Waals surface area contributed by atoms with Crippen molar-refractivity contribution in [3.05, 3.63) is 159 Å². The van der Waals surface area contributed by atoms with Gasteiger partial charge in [-0.2, -0.15) is 0 Å². The zero-order valence-corrected chi connectivity index (χ0v) is 39.4. The molecule has 0 spiro atoms. The Hall–Kier alpha value is -4.88. The number of benzene rings is 6. The molecule has 0 heterocycles. The van der Waals surface area contributed by atoms with Gasteiger partial charge < -0.3 is 4.90 Å². The van der Waals surface area contributed by atoms with Crippen LogP contribution in [0.15, 0.2) is 103 Å². The van der Waals surface area contributed by atoms with Crippen molar-refractivity contribution in [2.45, 2.75) is 150 Å². The first-order chi connectivity index (χ1) is 27.9. The molecule has 3 aliphatic rings. The fraction of sp³-hybridized carbons (Fsp3) is 0.390. The van der Waals surface area contributed by atoms with Gasteiger partial charge in [-0.05, 0) is 125 Å². The zero-order chi connectivity index (χ0) is 43.2. The Balaban J connectivity index is 1.42. The standard InChI is InChI=1S/C59H67N/c1-34(2)36-27-49-53(43-24-21-38(55(5,6)7)31-46(43)58(49,13)14)51(29-36)60(40-23-26-42-41-19-17-18-20-45(41)57(11,12)48(42)33-40)52-30-37(35(3)4)28-50-54(52)44-25-22-39(56(8,9)10)32-47(44)59(50,15)16/h17-35H,1-16H3. The molecule has 0 saturated carbocycles. The van der Waals surface area contributed by atoms with E-state index in [1.165, 1.54) is 106 Å². The third kappa shape index (κ3) is 5.85. The molecule has 1 nitrogen and oxygen atoms in total. The molecule has 60 heavy (non-hydrogen) atoms. The second-order valence-electron chi connectivity index (χ2n) is 22.7. The topological polar surface area (TPSA) is 3.24 Å². The molecule has 0 unspecified atom stereocenters. The van der Waals surface area contributed by atoms with Gasteiger partial charge in [0.25, 0.3) is 0 Å². The minimum absolute atomic E-state index is 0.0531. The van der Waals surface area contributed by atoms with E-state index in [1.54, 1.807) is 0 Å². The minimum Gasteiger partial charge on any atom is -0.309 e. The van der Waals surface area contributed by atoms with Crippen molar-refractivity contribution in [3.8, 4) is 33.4 Å². The number of hydrogen-bond donors (Lipinski definition) is 0. The van der Waals surface area contributed by atoms with Gasteiger partial charge in [-0.3, -0.25) is 0 Å². The van der Waals surface area contributed by atoms with E-state index >= 15 is 0 Å². The molecule has 0 aromatic heterocycles. The van der Waals surface area contributed by atoms with E-state index in [0.717, 1.165) is 0 Å². The summed E-state index contributed by atoms with van der Waals surface area (Å²) >= 11 is 0. The summed E-state index contributed by atoms with van der Waals surface area (Å²) < 4.78 is 0. The molecule has 0 saturated heterocycles. The van der Waals surface area contributed by atoms with Gasteiger partial charge in [0.2, 0.25) is 0 Å². The number of nitrogens with zero attached hydrogens (tertiary/aromatic N) is 1. The molecule has 308 valence electrons. The van der Waals surface area contributed by atoms with Crippen LogP contribution in [0, 0.1) is 0 Å². The molecule has 0 atom stereocenters. The van der Waals surface area contributed by atoms with E-state index in [0.29, 0.717) is 11.8 Å². The molecule has 0 radical (unpaired) electrons. The summed E-state index contributed by atoms with van der Waals surface area (Å²) in [5, 5.41) is 0. The maximum Gasteiger partial charge on any atom is 0.0546 e. The van der Waals surface area contributed by atoms with Crippen LogP contribution in [0.5, 0.6) is 0 Å². The molecule has 0 fully saturated rings. The monoisotopic (exact) mass is 790 g/mol. The van der Waals surface area contributed by atoms with Crippen LogP contribution < -0.4 is 4.90 Å². The van der Waals surface area contributed by atoms with Crippen LogP contribution in [0.3, 0.4) is 0 Å². The Morgan fingerprint density at radius 1 is 0.400 bits per heavy atom. The highest BCUT2D eigenvalue weighted by Gasteiger charge is 2.44. The Morgan fingerprint density at radius 2 is 0.800 bits per heavy atom. The second kappa shape index (κ2) is 13.1. The summed E-state index contributed by atoms with van der Waals surface area (Å²) in [5.74, 6) is 0.717. The van der Waals surface area contributed by atoms with Crippen LogP contribution in [-0.2, 0) is 27.1 Å². The van der Waals surface area contributed by atoms with Crippen molar-refractivity contribution in [1.29, 1.82) is 0 Å². The van der Waals surface area contributed by atoms with Crippen molar-refractivity contribution < 1.29 is 0 Å². The van der Waals surface area contributed by atoms with Gasteiger partial charge in [0.15, 0.2) is 0 Å². The maximum absolute atomic E-state index is 2.71. The van der Waals surface area contributed by atoms with Crippen LogP contribution in [-0.4, -0.2) is 0 Å². The van der Waals surface area contributed by atoms with Crippen LogP contribution >= 0.6 is 0 Å². The third-order valence-corrected chi connectivity index (χ3v) is 14.9. The van der Waals surface area contributed by atoms with E-state index in [9.17, 15) is 0 Å². The second-order valence-corrected chi connectivity index (χ2v) is 22.7. The van der Waals surface area contributed by atoms with Gasteiger partial charge in [0.05, 0.1) is 11.4 Å². The van der Waals surface area contributed by atoms with Crippen LogP contribution in [0.1, 0.15) is 178 Å². The van der Waals surface area contributed by atoms with Crippen molar-refractivity contribution in [2.75, 3.05) is 4.90 Å². The van der Waals surface area contributed by atoms with E-state index in [-0.39, 0.29) is 27.1 Å². The molecule has 1 heteroatoms. The quantitative estimate of drug-likeness (QED) is 0.168. The summed E-state index contributed by atoms with van der Waals surface area (Å²) in [6, 6.07) is 41.4. The third-order valence-electron chi connectivity index (χ3n) is 14.9. The fourth-order valence-electron chi connectivity index (χ4n) is 10.9. The van der Waals surface area contributed by atoms with E-state index in [4.69, 9.17) is 0 Å². The van der Waals surface area contributed by atoms with Crippen molar-refractivity contribution in [3.63, 3.8) is 0 Å². The molecule has 3 aliphatic carbocycles. The fourth-order valence-corrected chi connectivity index (χ4v) is 10.9. The number of hydrogen-bond acceptors (Lipinski definition) is 1. The summed E-state index contributed by atoms with van der Waals surface area (Å²) in [6.45, 7) is 38.2. The van der Waals surface area contributed by atoms with Gasteiger partial charge in [-0.1, -0.05) is 190 Å². The molecule has 0 aliphatic heterocycles.